The first kappa shape index (κ1) is 12.6. The van der Waals surface area contributed by atoms with E-state index in [2.05, 4.69) is 43.1 Å². The highest BCUT2D eigenvalue weighted by atomic mass is 15.3. The molecule has 17 heavy (non-hydrogen) atoms. The predicted molar refractivity (Wildman–Crippen MR) is 70.0 cm³/mol. The standard InChI is InChI=1S/C13H24N4/c1-9-6-12(8-16(9)4)14-7-13-10(2)15-17(5)11(13)3/h9,12,14H,6-8H2,1-5H3. The van der Waals surface area contributed by atoms with E-state index in [-0.39, 0.29) is 0 Å². The van der Waals surface area contributed by atoms with E-state index in [4.69, 9.17) is 0 Å². The van der Waals surface area contributed by atoms with Gasteiger partial charge < -0.3 is 10.2 Å². The Kier molecular flexibility index (Phi) is 3.54. The Labute approximate surface area is 104 Å². The van der Waals surface area contributed by atoms with Crippen molar-refractivity contribution >= 4 is 0 Å². The molecular weight excluding hydrogens is 212 g/mol. The third-order valence-electron chi connectivity index (χ3n) is 4.11. The van der Waals surface area contributed by atoms with Crippen LogP contribution in [0.15, 0.2) is 0 Å². The Hall–Kier alpha value is -0.870. The van der Waals surface area contributed by atoms with Crippen molar-refractivity contribution in [2.75, 3.05) is 13.6 Å². The Morgan fingerprint density at radius 3 is 2.53 bits per heavy atom. The number of aryl methyl sites for hydroxylation is 2. The molecule has 0 saturated carbocycles. The summed E-state index contributed by atoms with van der Waals surface area (Å²) in [5.41, 5.74) is 3.78. The van der Waals surface area contributed by atoms with Gasteiger partial charge in [-0.15, -0.1) is 0 Å². The van der Waals surface area contributed by atoms with Crippen molar-refractivity contribution in [1.82, 2.24) is 20.0 Å². The van der Waals surface area contributed by atoms with Crippen LogP contribution in [0.2, 0.25) is 0 Å². The fourth-order valence-corrected chi connectivity index (χ4v) is 2.66. The lowest BCUT2D eigenvalue weighted by atomic mass is 10.1. The highest BCUT2D eigenvalue weighted by Gasteiger charge is 2.25. The summed E-state index contributed by atoms with van der Waals surface area (Å²) in [5.74, 6) is 0. The number of likely N-dealkylation sites (N-methyl/N-ethyl adjacent to an activating group) is 1. The molecule has 0 amide bonds. The number of nitrogens with zero attached hydrogens (tertiary/aromatic N) is 3. The van der Waals surface area contributed by atoms with Crippen LogP contribution >= 0.6 is 0 Å². The SMILES string of the molecule is Cc1nn(C)c(C)c1CNC1CC(C)N(C)C1. The van der Waals surface area contributed by atoms with Crippen molar-refractivity contribution in [3.8, 4) is 0 Å². The average Bonchev–Trinajstić information content (AvgIpc) is 2.69. The smallest absolute Gasteiger partial charge is 0.0641 e. The molecule has 2 heterocycles. The maximum atomic E-state index is 4.45. The van der Waals surface area contributed by atoms with E-state index in [0.717, 1.165) is 18.8 Å². The average molecular weight is 236 g/mol. The summed E-state index contributed by atoms with van der Waals surface area (Å²) >= 11 is 0. The number of hydrogen-bond acceptors (Lipinski definition) is 3. The molecule has 2 unspecified atom stereocenters. The lowest BCUT2D eigenvalue weighted by Gasteiger charge is -2.13. The monoisotopic (exact) mass is 236 g/mol. The van der Waals surface area contributed by atoms with Gasteiger partial charge >= 0.3 is 0 Å². The second-order valence-corrected chi connectivity index (χ2v) is 5.38. The molecule has 96 valence electrons. The molecule has 1 saturated heterocycles. The van der Waals surface area contributed by atoms with Gasteiger partial charge in [-0.25, -0.2) is 0 Å². The third-order valence-corrected chi connectivity index (χ3v) is 4.11. The van der Waals surface area contributed by atoms with Crippen LogP contribution < -0.4 is 5.32 Å². The fraction of sp³-hybridized carbons (Fsp3) is 0.769. The van der Waals surface area contributed by atoms with Crippen LogP contribution in [0.25, 0.3) is 0 Å². The normalized spacial score (nSPS) is 25.7. The third kappa shape index (κ3) is 2.53. The quantitative estimate of drug-likeness (QED) is 0.856. The van der Waals surface area contributed by atoms with Crippen molar-refractivity contribution < 1.29 is 0 Å². The minimum Gasteiger partial charge on any atom is -0.308 e. The highest BCUT2D eigenvalue weighted by Crippen LogP contribution is 2.17. The van der Waals surface area contributed by atoms with E-state index in [1.165, 1.54) is 17.7 Å². The summed E-state index contributed by atoms with van der Waals surface area (Å²) in [7, 11) is 4.21. The van der Waals surface area contributed by atoms with Gasteiger partial charge in [0.25, 0.3) is 0 Å². The molecule has 1 fully saturated rings. The van der Waals surface area contributed by atoms with E-state index >= 15 is 0 Å². The summed E-state index contributed by atoms with van der Waals surface area (Å²) < 4.78 is 1.97. The van der Waals surface area contributed by atoms with Gasteiger partial charge in [0, 0.05) is 43.5 Å². The number of rotatable bonds is 3. The second kappa shape index (κ2) is 4.78. The van der Waals surface area contributed by atoms with Gasteiger partial charge in [0.05, 0.1) is 5.69 Å². The zero-order chi connectivity index (χ0) is 12.6. The molecule has 2 atom stereocenters. The molecule has 1 aliphatic heterocycles. The van der Waals surface area contributed by atoms with Crippen LogP contribution in [0.5, 0.6) is 0 Å². The van der Waals surface area contributed by atoms with Crippen LogP contribution in [-0.2, 0) is 13.6 Å². The number of nitrogens with one attached hydrogen (secondary N) is 1. The predicted octanol–water partition coefficient (Wildman–Crippen LogP) is 1.22. The van der Waals surface area contributed by atoms with Crippen molar-refractivity contribution in [3.05, 3.63) is 17.0 Å². The lowest BCUT2D eigenvalue weighted by Crippen LogP contribution is -2.31. The first-order valence-corrected chi connectivity index (χ1v) is 6.41. The van der Waals surface area contributed by atoms with Gasteiger partial charge in [-0.2, -0.15) is 5.10 Å². The van der Waals surface area contributed by atoms with Gasteiger partial charge in [-0.1, -0.05) is 0 Å². The molecule has 4 heteroatoms. The minimum atomic E-state index is 0.619. The molecule has 4 nitrogen and oxygen atoms in total. The first-order valence-electron chi connectivity index (χ1n) is 6.41. The first-order chi connectivity index (χ1) is 7.99. The molecule has 1 aromatic rings. The molecule has 1 N–H and O–H groups in total. The molecule has 0 radical (unpaired) electrons. The second-order valence-electron chi connectivity index (χ2n) is 5.38. The van der Waals surface area contributed by atoms with E-state index in [1.807, 2.05) is 11.7 Å². The van der Waals surface area contributed by atoms with Gasteiger partial charge in [0.1, 0.15) is 0 Å². The number of aromatic nitrogens is 2. The zero-order valence-corrected chi connectivity index (χ0v) is 11.6. The lowest BCUT2D eigenvalue weighted by molar-refractivity contribution is 0.326. The largest absolute Gasteiger partial charge is 0.308 e. The van der Waals surface area contributed by atoms with Crippen LogP contribution in [0.1, 0.15) is 30.3 Å². The Bertz CT molecular complexity index is 386. The van der Waals surface area contributed by atoms with Crippen molar-refractivity contribution in [1.29, 1.82) is 0 Å². The van der Waals surface area contributed by atoms with Crippen LogP contribution in [0.3, 0.4) is 0 Å². The molecular formula is C13H24N4. The van der Waals surface area contributed by atoms with Crippen molar-refractivity contribution in [3.63, 3.8) is 0 Å². The Morgan fingerprint density at radius 1 is 1.35 bits per heavy atom. The highest BCUT2D eigenvalue weighted by molar-refractivity contribution is 5.24. The fourth-order valence-electron chi connectivity index (χ4n) is 2.66. The Morgan fingerprint density at radius 2 is 2.06 bits per heavy atom. The van der Waals surface area contributed by atoms with Crippen molar-refractivity contribution in [2.45, 2.75) is 45.8 Å². The van der Waals surface area contributed by atoms with E-state index < -0.39 is 0 Å². The van der Waals surface area contributed by atoms with E-state index in [0.29, 0.717) is 12.1 Å². The van der Waals surface area contributed by atoms with Crippen LogP contribution in [0, 0.1) is 13.8 Å². The molecule has 0 aromatic carbocycles. The molecule has 2 rings (SSSR count). The minimum absolute atomic E-state index is 0.619. The topological polar surface area (TPSA) is 33.1 Å². The maximum Gasteiger partial charge on any atom is 0.0641 e. The van der Waals surface area contributed by atoms with E-state index in [1.54, 1.807) is 0 Å². The van der Waals surface area contributed by atoms with Gasteiger partial charge in [-0.05, 0) is 34.2 Å². The van der Waals surface area contributed by atoms with E-state index in [9.17, 15) is 0 Å². The number of likely N-dealkylation sites (tertiary alicyclic amines) is 1. The zero-order valence-electron chi connectivity index (χ0n) is 11.6. The van der Waals surface area contributed by atoms with Crippen LogP contribution in [0.4, 0.5) is 0 Å². The molecule has 0 aliphatic carbocycles. The summed E-state index contributed by atoms with van der Waals surface area (Å²) in [6.07, 6.45) is 1.24. The maximum absolute atomic E-state index is 4.45. The molecule has 1 aromatic heterocycles. The summed E-state index contributed by atoms with van der Waals surface area (Å²) in [6, 6.07) is 1.32. The van der Waals surface area contributed by atoms with Gasteiger partial charge in [0.2, 0.25) is 0 Å². The summed E-state index contributed by atoms with van der Waals surface area (Å²) in [6.45, 7) is 8.62. The summed E-state index contributed by atoms with van der Waals surface area (Å²) in [5, 5.41) is 8.11. The van der Waals surface area contributed by atoms with Crippen LogP contribution in [-0.4, -0.2) is 40.4 Å². The molecule has 1 aliphatic rings. The molecule has 0 bridgehead atoms. The number of hydrogen-bond donors (Lipinski definition) is 1. The van der Waals surface area contributed by atoms with Crippen molar-refractivity contribution in [2.24, 2.45) is 7.05 Å². The molecule has 0 spiro atoms. The summed E-state index contributed by atoms with van der Waals surface area (Å²) in [4.78, 5) is 2.42. The Balaban J connectivity index is 1.94. The van der Waals surface area contributed by atoms with Gasteiger partial charge in [-0.3, -0.25) is 4.68 Å². The van der Waals surface area contributed by atoms with Gasteiger partial charge in [0.15, 0.2) is 0 Å².